The summed E-state index contributed by atoms with van der Waals surface area (Å²) in [5.41, 5.74) is 5.36. The average molecular weight is 150 g/mol. The minimum Gasteiger partial charge on any atom is -0.370 e. The summed E-state index contributed by atoms with van der Waals surface area (Å²) in [4.78, 5) is 3.96. The fourth-order valence-electron chi connectivity index (χ4n) is 0.749. The first kappa shape index (κ1) is 8.56. The molecule has 0 aliphatic carbocycles. The van der Waals surface area contributed by atoms with E-state index in [1.54, 1.807) is 0 Å². The van der Waals surface area contributed by atoms with Gasteiger partial charge in [0.25, 0.3) is 0 Å². The Bertz CT molecular complexity index is 113. The van der Waals surface area contributed by atoms with E-state index in [0.717, 1.165) is 13.0 Å². The maximum absolute atomic E-state index is 5.36. The molecule has 0 fully saturated rings. The molecule has 1 unspecified atom stereocenters. The van der Waals surface area contributed by atoms with Crippen molar-refractivity contribution < 1.29 is 0 Å². The van der Waals surface area contributed by atoms with Crippen LogP contribution in [0, 0.1) is 0 Å². The molecule has 3 nitrogen and oxygen atoms in total. The molecule has 0 aromatic rings. The van der Waals surface area contributed by atoms with Crippen molar-refractivity contribution in [1.82, 2.24) is 5.32 Å². The third kappa shape index (κ3) is 2.56. The average Bonchev–Trinajstić information content (AvgIpc) is 1.64. The molecule has 1 atom stereocenters. The van der Waals surface area contributed by atoms with Gasteiger partial charge in [-0.1, -0.05) is 0 Å². The molecular weight excluding hydrogens is 138 g/mol. The van der Waals surface area contributed by atoms with Gasteiger partial charge in [0.05, 0.1) is 0 Å². The Morgan fingerprint density at radius 1 is 1.78 bits per heavy atom. The van der Waals surface area contributed by atoms with Crippen LogP contribution in [0.25, 0.3) is 0 Å². The molecule has 3 N–H and O–H groups in total. The highest BCUT2D eigenvalue weighted by molar-refractivity contribution is 5.85. The first-order valence-corrected chi connectivity index (χ1v) is 2.85. The Labute approximate surface area is 61.1 Å². The third-order valence-corrected chi connectivity index (χ3v) is 1.24. The number of hydrogen-bond donors (Lipinski definition) is 2. The van der Waals surface area contributed by atoms with Crippen LogP contribution in [-0.2, 0) is 0 Å². The molecule has 1 aliphatic heterocycles. The van der Waals surface area contributed by atoms with Crippen LogP contribution in [0.2, 0.25) is 0 Å². The summed E-state index contributed by atoms with van der Waals surface area (Å²) in [6.45, 7) is 2.97. The van der Waals surface area contributed by atoms with Crippen molar-refractivity contribution in [2.24, 2.45) is 10.7 Å². The smallest absolute Gasteiger partial charge is 0.188 e. The van der Waals surface area contributed by atoms with Gasteiger partial charge < -0.3 is 11.1 Å². The zero-order valence-electron chi connectivity index (χ0n) is 5.42. The van der Waals surface area contributed by atoms with Crippen LogP contribution in [0.15, 0.2) is 4.99 Å². The molecule has 1 heterocycles. The molecule has 0 spiro atoms. The van der Waals surface area contributed by atoms with Gasteiger partial charge in [-0.2, -0.15) is 0 Å². The molecule has 0 saturated carbocycles. The van der Waals surface area contributed by atoms with Crippen LogP contribution >= 0.6 is 12.4 Å². The summed E-state index contributed by atoms with van der Waals surface area (Å²) in [5.74, 6) is 0.587. The van der Waals surface area contributed by atoms with Crippen molar-refractivity contribution in [3.8, 4) is 0 Å². The quantitative estimate of drug-likeness (QED) is 0.514. The number of halogens is 1. The zero-order valence-corrected chi connectivity index (χ0v) is 6.24. The number of hydrogen-bond acceptors (Lipinski definition) is 3. The second kappa shape index (κ2) is 3.56. The Hall–Kier alpha value is -0.440. The largest absolute Gasteiger partial charge is 0.370 e. The lowest BCUT2D eigenvalue weighted by Crippen LogP contribution is -2.41. The van der Waals surface area contributed by atoms with Crippen LogP contribution in [0.1, 0.15) is 13.3 Å². The predicted octanol–water partition coefficient (Wildman–Crippen LogP) is 0.105. The molecule has 1 aliphatic rings. The van der Waals surface area contributed by atoms with Crippen molar-refractivity contribution in [3.63, 3.8) is 0 Å². The maximum atomic E-state index is 5.36. The topological polar surface area (TPSA) is 50.4 Å². The lowest BCUT2D eigenvalue weighted by Gasteiger charge is -2.17. The molecule has 9 heavy (non-hydrogen) atoms. The van der Waals surface area contributed by atoms with Crippen molar-refractivity contribution in [2.75, 3.05) is 6.54 Å². The second-order valence-electron chi connectivity index (χ2n) is 2.10. The summed E-state index contributed by atoms with van der Waals surface area (Å²) < 4.78 is 0. The highest BCUT2D eigenvalue weighted by atomic mass is 35.5. The van der Waals surface area contributed by atoms with Crippen LogP contribution in [0.3, 0.4) is 0 Å². The molecule has 0 radical (unpaired) electrons. The lowest BCUT2D eigenvalue weighted by molar-refractivity contribution is 0.584. The van der Waals surface area contributed by atoms with E-state index in [0.29, 0.717) is 12.0 Å². The Morgan fingerprint density at radius 3 is 2.78 bits per heavy atom. The van der Waals surface area contributed by atoms with Gasteiger partial charge in [-0.25, -0.2) is 0 Å². The Balaban J connectivity index is 0.000000640. The van der Waals surface area contributed by atoms with Crippen LogP contribution in [0.5, 0.6) is 0 Å². The van der Waals surface area contributed by atoms with Gasteiger partial charge in [0, 0.05) is 12.6 Å². The second-order valence-corrected chi connectivity index (χ2v) is 2.10. The van der Waals surface area contributed by atoms with Crippen molar-refractivity contribution in [2.45, 2.75) is 19.4 Å². The summed E-state index contributed by atoms with van der Waals surface area (Å²) in [7, 11) is 0. The number of aliphatic imine (C=N–C) groups is 1. The zero-order chi connectivity index (χ0) is 5.98. The molecule has 4 heteroatoms. The summed E-state index contributed by atoms with van der Waals surface area (Å²) in [5, 5.41) is 3.01. The molecule has 0 bridgehead atoms. The predicted molar refractivity (Wildman–Crippen MR) is 41.0 cm³/mol. The number of guanidine groups is 1. The van der Waals surface area contributed by atoms with E-state index < -0.39 is 0 Å². The monoisotopic (exact) mass is 149 g/mol. The standard InChI is InChI=1S/C5H11N3.ClH/c1-4-2-3-7-5(6)8-4;/h4H,2-3H2,1H3,(H3,6,7,8);1H. The fourth-order valence-corrected chi connectivity index (χ4v) is 0.749. The fraction of sp³-hybridized carbons (Fsp3) is 0.800. The van der Waals surface area contributed by atoms with E-state index in [1.807, 2.05) is 0 Å². The molecular formula is C5H12ClN3. The maximum Gasteiger partial charge on any atom is 0.188 e. The molecule has 1 rings (SSSR count). The highest BCUT2D eigenvalue weighted by Crippen LogP contribution is 1.94. The highest BCUT2D eigenvalue weighted by Gasteiger charge is 2.05. The first-order chi connectivity index (χ1) is 3.79. The molecule has 0 aromatic carbocycles. The summed E-state index contributed by atoms with van der Waals surface area (Å²) in [6, 6.07) is 0.507. The minimum absolute atomic E-state index is 0. The van der Waals surface area contributed by atoms with Crippen LogP contribution in [0.4, 0.5) is 0 Å². The SMILES string of the molecule is CC1CCN=C(N)N1.Cl. The van der Waals surface area contributed by atoms with Crippen LogP contribution in [-0.4, -0.2) is 18.5 Å². The van der Waals surface area contributed by atoms with E-state index in [9.17, 15) is 0 Å². The minimum atomic E-state index is 0. The Morgan fingerprint density at radius 2 is 2.44 bits per heavy atom. The van der Waals surface area contributed by atoms with Gasteiger partial charge in [-0.05, 0) is 13.3 Å². The van der Waals surface area contributed by atoms with Gasteiger partial charge in [0.15, 0.2) is 5.96 Å². The normalized spacial score (nSPS) is 25.4. The lowest BCUT2D eigenvalue weighted by atomic mass is 10.2. The van der Waals surface area contributed by atoms with Crippen LogP contribution < -0.4 is 11.1 Å². The number of rotatable bonds is 0. The third-order valence-electron chi connectivity index (χ3n) is 1.24. The van der Waals surface area contributed by atoms with Gasteiger partial charge in [-0.3, -0.25) is 4.99 Å². The van der Waals surface area contributed by atoms with Crippen molar-refractivity contribution >= 4 is 18.4 Å². The van der Waals surface area contributed by atoms with Crippen molar-refractivity contribution in [3.05, 3.63) is 0 Å². The number of nitrogens with one attached hydrogen (secondary N) is 1. The number of nitrogens with two attached hydrogens (primary N) is 1. The van der Waals surface area contributed by atoms with E-state index in [2.05, 4.69) is 17.2 Å². The van der Waals surface area contributed by atoms with E-state index in [1.165, 1.54) is 0 Å². The Kier molecular flexibility index (Phi) is 3.39. The van der Waals surface area contributed by atoms with E-state index in [-0.39, 0.29) is 12.4 Å². The van der Waals surface area contributed by atoms with E-state index >= 15 is 0 Å². The van der Waals surface area contributed by atoms with Gasteiger partial charge in [0.2, 0.25) is 0 Å². The molecule has 0 aromatic heterocycles. The van der Waals surface area contributed by atoms with Gasteiger partial charge in [0.1, 0.15) is 0 Å². The summed E-state index contributed by atoms with van der Waals surface area (Å²) >= 11 is 0. The molecule has 54 valence electrons. The van der Waals surface area contributed by atoms with Gasteiger partial charge in [-0.15, -0.1) is 12.4 Å². The van der Waals surface area contributed by atoms with Crippen molar-refractivity contribution in [1.29, 1.82) is 0 Å². The van der Waals surface area contributed by atoms with E-state index in [4.69, 9.17) is 5.73 Å². The van der Waals surface area contributed by atoms with Gasteiger partial charge >= 0.3 is 0 Å². The molecule has 0 amide bonds. The molecule has 0 saturated heterocycles. The first-order valence-electron chi connectivity index (χ1n) is 2.85. The number of nitrogens with zero attached hydrogens (tertiary/aromatic N) is 1. The summed E-state index contributed by atoms with van der Waals surface area (Å²) in [6.07, 6.45) is 1.10.